The smallest absolute Gasteiger partial charge is 0.271 e. The quantitative estimate of drug-likeness (QED) is 0.258. The Kier molecular flexibility index (Phi) is 9.63. The number of primary amides is 1. The van der Waals surface area contributed by atoms with Gasteiger partial charge in [-0.05, 0) is 80.3 Å². The normalized spacial score (nSPS) is 24.3. The van der Waals surface area contributed by atoms with E-state index < -0.39 is 23.8 Å². The third-order valence-electron chi connectivity index (χ3n) is 12.6. The Hall–Kier alpha value is -5.83. The molecule has 2 aromatic carbocycles. The van der Waals surface area contributed by atoms with Gasteiger partial charge in [-0.2, -0.15) is 0 Å². The molecule has 3 atom stereocenters. The molecule has 0 saturated carbocycles. The maximum atomic E-state index is 13.4. The zero-order chi connectivity index (χ0) is 39.4. The van der Waals surface area contributed by atoms with Gasteiger partial charge in [0.2, 0.25) is 11.8 Å². The lowest BCUT2D eigenvalue weighted by Crippen LogP contribution is -2.51. The van der Waals surface area contributed by atoms with E-state index in [4.69, 9.17) is 10.7 Å². The summed E-state index contributed by atoms with van der Waals surface area (Å²) in [5.41, 5.74) is 10.0. The molecule has 0 spiro atoms. The molecule has 0 radical (unpaired) electrons. The summed E-state index contributed by atoms with van der Waals surface area (Å²) >= 11 is 0. The fourth-order valence-electron chi connectivity index (χ4n) is 9.49. The standard InChI is InChI=1S/C42H48N10O5/c1-25-6-13-34(40(55)45-25)52-41(56)32-12-11-30(18-33(32)42(52)57)49-17-14-26(21-49)20-48-22-28(23-48)27-7-9-29(10-8-27)46-39-37(38(43)54)44-19-35(47-39)50-15-2-4-31(24-50)51-16-3-5-36(51)53/h7-12,18-19,26,28,31,34H,1-6,13-17,20-24H2,(H2,43,54)(H,45,55)(H,46,47)/t26-,31-,34?/m0/s1. The first-order chi connectivity index (χ1) is 27.6. The summed E-state index contributed by atoms with van der Waals surface area (Å²) in [7, 11) is 0. The maximum Gasteiger partial charge on any atom is 0.271 e. The SMILES string of the molecule is C=C1CCC(N2C(=O)c3ccc(N4CC[C@@H](CN5CC(c6ccc(Nc7nc(N8CCC[C@H](N9CCCC9=O)C8)cnc7C(N)=O)cc6)C5)C4)cc3C2=O)C(=O)N1. The Morgan fingerprint density at radius 3 is 2.44 bits per heavy atom. The molecule has 0 bridgehead atoms. The lowest BCUT2D eigenvalue weighted by atomic mass is 9.90. The maximum absolute atomic E-state index is 13.4. The third kappa shape index (κ3) is 7.09. The van der Waals surface area contributed by atoms with Gasteiger partial charge in [-0.25, -0.2) is 9.97 Å². The second-order valence-electron chi connectivity index (χ2n) is 16.3. The molecule has 7 heterocycles. The first kappa shape index (κ1) is 36.8. The van der Waals surface area contributed by atoms with Gasteiger partial charge in [0.25, 0.3) is 17.7 Å². The molecule has 5 fully saturated rings. The number of piperidine rings is 2. The number of nitrogens with two attached hydrogens (primary N) is 1. The predicted molar refractivity (Wildman–Crippen MR) is 213 cm³/mol. The molecule has 57 heavy (non-hydrogen) atoms. The number of nitrogens with zero attached hydrogens (tertiary/aromatic N) is 7. The summed E-state index contributed by atoms with van der Waals surface area (Å²) < 4.78 is 0. The van der Waals surface area contributed by atoms with Crippen LogP contribution in [-0.4, -0.2) is 119 Å². The van der Waals surface area contributed by atoms with Gasteiger partial charge < -0.3 is 36.0 Å². The number of amides is 5. The van der Waals surface area contributed by atoms with Crippen LogP contribution >= 0.6 is 0 Å². The molecule has 15 heteroatoms. The van der Waals surface area contributed by atoms with Crippen molar-refractivity contribution in [3.8, 4) is 0 Å². The van der Waals surface area contributed by atoms with Gasteiger partial charge in [0.05, 0.1) is 17.3 Å². The van der Waals surface area contributed by atoms with E-state index in [2.05, 4.69) is 49.0 Å². The van der Waals surface area contributed by atoms with E-state index in [9.17, 15) is 24.0 Å². The largest absolute Gasteiger partial charge is 0.371 e. The summed E-state index contributed by atoms with van der Waals surface area (Å²) in [6.07, 6.45) is 6.99. The first-order valence-corrected chi connectivity index (χ1v) is 20.2. The fourth-order valence-corrected chi connectivity index (χ4v) is 9.49. The average Bonchev–Trinajstić information content (AvgIpc) is 3.91. The minimum absolute atomic E-state index is 0.0786. The number of hydrogen-bond acceptors (Lipinski definition) is 11. The van der Waals surface area contributed by atoms with Crippen molar-refractivity contribution in [2.75, 3.05) is 67.5 Å². The van der Waals surface area contributed by atoms with E-state index in [-0.39, 0.29) is 23.6 Å². The third-order valence-corrected chi connectivity index (χ3v) is 12.6. The van der Waals surface area contributed by atoms with E-state index in [1.165, 1.54) is 5.56 Å². The zero-order valence-corrected chi connectivity index (χ0v) is 32.0. The van der Waals surface area contributed by atoms with Crippen molar-refractivity contribution in [2.24, 2.45) is 11.7 Å². The highest BCUT2D eigenvalue weighted by atomic mass is 16.2. The number of likely N-dealkylation sites (tertiary alicyclic amines) is 2. The molecule has 5 saturated heterocycles. The monoisotopic (exact) mass is 772 g/mol. The van der Waals surface area contributed by atoms with Crippen LogP contribution in [0, 0.1) is 5.92 Å². The summed E-state index contributed by atoms with van der Waals surface area (Å²) in [6.45, 7) is 10.8. The van der Waals surface area contributed by atoms with Crippen molar-refractivity contribution in [2.45, 2.75) is 62.9 Å². The second kappa shape index (κ2) is 14.9. The lowest BCUT2D eigenvalue weighted by molar-refractivity contribution is -0.129. The van der Waals surface area contributed by atoms with Crippen molar-refractivity contribution in [1.82, 2.24) is 30.0 Å². The summed E-state index contributed by atoms with van der Waals surface area (Å²) in [4.78, 5) is 83.2. The molecule has 0 aliphatic carbocycles. The van der Waals surface area contributed by atoms with Crippen LogP contribution in [0.1, 0.15) is 87.6 Å². The van der Waals surface area contributed by atoms with E-state index in [1.807, 2.05) is 29.2 Å². The number of anilines is 4. The molecule has 296 valence electrons. The van der Waals surface area contributed by atoms with Crippen molar-refractivity contribution < 1.29 is 24.0 Å². The Bertz CT molecular complexity index is 2150. The van der Waals surface area contributed by atoms with Crippen molar-refractivity contribution in [3.05, 3.63) is 83.3 Å². The Labute approximate surface area is 331 Å². The van der Waals surface area contributed by atoms with Crippen LogP contribution < -0.4 is 26.2 Å². The van der Waals surface area contributed by atoms with Gasteiger partial charge in [-0.3, -0.25) is 28.9 Å². The lowest BCUT2D eigenvalue weighted by Gasteiger charge is -2.41. The molecule has 5 amide bonds. The van der Waals surface area contributed by atoms with Crippen LogP contribution in [0.15, 0.2) is 60.9 Å². The number of rotatable bonds is 10. The summed E-state index contributed by atoms with van der Waals surface area (Å²) in [5, 5.41) is 5.97. The van der Waals surface area contributed by atoms with Crippen molar-refractivity contribution >= 4 is 52.5 Å². The van der Waals surface area contributed by atoms with Crippen molar-refractivity contribution in [1.29, 1.82) is 0 Å². The van der Waals surface area contributed by atoms with Crippen LogP contribution in [0.3, 0.4) is 0 Å². The van der Waals surface area contributed by atoms with E-state index in [0.29, 0.717) is 66.1 Å². The Morgan fingerprint density at radius 1 is 0.877 bits per heavy atom. The topological polar surface area (TPSA) is 177 Å². The molecular weight excluding hydrogens is 725 g/mol. The highest BCUT2D eigenvalue weighted by Gasteiger charge is 2.44. The van der Waals surface area contributed by atoms with Gasteiger partial charge in [0.1, 0.15) is 11.9 Å². The van der Waals surface area contributed by atoms with E-state index in [0.717, 1.165) is 87.8 Å². The van der Waals surface area contributed by atoms with Crippen LogP contribution in [0.25, 0.3) is 0 Å². The molecule has 1 unspecified atom stereocenters. The summed E-state index contributed by atoms with van der Waals surface area (Å²) in [5.74, 6) is 0.248. The van der Waals surface area contributed by atoms with Crippen LogP contribution in [0.4, 0.5) is 23.0 Å². The van der Waals surface area contributed by atoms with Gasteiger partial charge in [0.15, 0.2) is 11.5 Å². The Morgan fingerprint density at radius 2 is 1.68 bits per heavy atom. The predicted octanol–water partition coefficient (Wildman–Crippen LogP) is 3.22. The number of benzene rings is 2. The minimum atomic E-state index is -0.819. The Balaban J connectivity index is 0.778. The number of nitrogens with one attached hydrogen (secondary N) is 2. The van der Waals surface area contributed by atoms with Crippen LogP contribution in [0.5, 0.6) is 0 Å². The minimum Gasteiger partial charge on any atom is -0.371 e. The highest BCUT2D eigenvalue weighted by Crippen LogP contribution is 2.35. The number of fused-ring (bicyclic) bond motifs is 1. The van der Waals surface area contributed by atoms with Gasteiger partial charge >= 0.3 is 0 Å². The second-order valence-corrected chi connectivity index (χ2v) is 16.3. The molecule has 6 aliphatic heterocycles. The number of carbonyl (C=O) groups excluding carboxylic acids is 5. The summed E-state index contributed by atoms with van der Waals surface area (Å²) in [6, 6.07) is 13.0. The van der Waals surface area contributed by atoms with E-state index in [1.54, 1.807) is 12.3 Å². The molecule has 9 rings (SSSR count). The molecule has 15 nitrogen and oxygen atoms in total. The van der Waals surface area contributed by atoms with Crippen LogP contribution in [0.2, 0.25) is 0 Å². The zero-order valence-electron chi connectivity index (χ0n) is 32.0. The molecular formula is C42H48N10O5. The highest BCUT2D eigenvalue weighted by molar-refractivity contribution is 6.23. The molecule has 1 aromatic heterocycles. The van der Waals surface area contributed by atoms with Gasteiger partial charge in [0, 0.05) is 87.8 Å². The number of aromatic nitrogens is 2. The fraction of sp³-hybridized carbons (Fsp3) is 0.452. The molecule has 6 aliphatic rings. The molecule has 3 aromatic rings. The van der Waals surface area contributed by atoms with Gasteiger partial charge in [-0.1, -0.05) is 18.7 Å². The number of imide groups is 1. The first-order valence-electron chi connectivity index (χ1n) is 20.2. The van der Waals surface area contributed by atoms with Gasteiger partial charge in [-0.15, -0.1) is 0 Å². The number of hydrogen-bond donors (Lipinski definition) is 3. The number of carbonyl (C=O) groups is 5. The van der Waals surface area contributed by atoms with Crippen LogP contribution in [-0.2, 0) is 9.59 Å². The number of allylic oxidation sites excluding steroid dienone is 1. The molecule has 4 N–H and O–H groups in total. The van der Waals surface area contributed by atoms with Crippen molar-refractivity contribution in [3.63, 3.8) is 0 Å². The average molecular weight is 773 g/mol. The van der Waals surface area contributed by atoms with E-state index >= 15 is 0 Å².